The molecule has 0 atom stereocenters. The maximum Gasteiger partial charge on any atom is 0.511 e. The van der Waals surface area contributed by atoms with E-state index in [1.165, 1.54) is 0 Å². The lowest BCUT2D eigenvalue weighted by Gasteiger charge is -2.36. The summed E-state index contributed by atoms with van der Waals surface area (Å²) in [4.78, 5) is 1.16. The number of nitrogens with zero attached hydrogens (tertiary/aromatic N) is 5. The molecule has 3 rings (SSSR count). The second-order valence-electron chi connectivity index (χ2n) is 5.65. The molecule has 24 heavy (non-hydrogen) atoms. The SMILES string of the molecule is Cc1ccc(-c2nnn(C3CN(S(=O)(=O)C(F)(F)F)C3)n2)cc1C. The highest BCUT2D eigenvalue weighted by molar-refractivity contribution is 7.90. The van der Waals surface area contributed by atoms with Crippen LogP contribution in [0.1, 0.15) is 17.2 Å². The van der Waals surface area contributed by atoms with E-state index in [1.54, 1.807) is 0 Å². The number of halogens is 3. The van der Waals surface area contributed by atoms with Crippen molar-refractivity contribution in [1.29, 1.82) is 0 Å². The van der Waals surface area contributed by atoms with Gasteiger partial charge in [-0.05, 0) is 36.3 Å². The Hall–Kier alpha value is -2.01. The van der Waals surface area contributed by atoms with Crippen molar-refractivity contribution >= 4 is 10.0 Å². The molecule has 1 aromatic heterocycles. The highest BCUT2D eigenvalue weighted by Crippen LogP contribution is 2.33. The Morgan fingerprint density at radius 2 is 1.83 bits per heavy atom. The third-order valence-electron chi connectivity index (χ3n) is 3.98. The van der Waals surface area contributed by atoms with E-state index in [2.05, 4.69) is 15.4 Å². The molecular formula is C13H14F3N5O2S. The number of aromatic nitrogens is 4. The second-order valence-corrected chi connectivity index (χ2v) is 7.58. The largest absolute Gasteiger partial charge is 0.511 e. The first kappa shape index (κ1) is 16.8. The van der Waals surface area contributed by atoms with E-state index in [-0.39, 0.29) is 13.1 Å². The van der Waals surface area contributed by atoms with Gasteiger partial charge < -0.3 is 0 Å². The van der Waals surface area contributed by atoms with Crippen LogP contribution < -0.4 is 0 Å². The molecule has 2 heterocycles. The molecule has 1 aliphatic heterocycles. The Morgan fingerprint density at radius 1 is 1.17 bits per heavy atom. The summed E-state index contributed by atoms with van der Waals surface area (Å²) < 4.78 is 60.2. The summed E-state index contributed by atoms with van der Waals surface area (Å²) in [6.45, 7) is 3.25. The minimum atomic E-state index is -5.29. The number of sulfonamides is 1. The van der Waals surface area contributed by atoms with Crippen LogP contribution in [0.25, 0.3) is 11.4 Å². The molecule has 1 aliphatic rings. The van der Waals surface area contributed by atoms with Crippen LogP contribution in [-0.4, -0.2) is 51.5 Å². The van der Waals surface area contributed by atoms with Crippen LogP contribution in [0.4, 0.5) is 13.2 Å². The van der Waals surface area contributed by atoms with Gasteiger partial charge in [0.15, 0.2) is 0 Å². The number of hydrogen-bond acceptors (Lipinski definition) is 5. The molecule has 0 N–H and O–H groups in total. The summed E-state index contributed by atoms with van der Waals surface area (Å²) in [5.74, 6) is 0.343. The predicted molar refractivity (Wildman–Crippen MR) is 78.3 cm³/mol. The Balaban J connectivity index is 1.73. The summed E-state index contributed by atoms with van der Waals surface area (Å²) in [7, 11) is -5.29. The molecular weight excluding hydrogens is 347 g/mol. The number of aryl methyl sites for hydroxylation is 2. The van der Waals surface area contributed by atoms with Crippen LogP contribution in [0.2, 0.25) is 0 Å². The third-order valence-corrected chi connectivity index (χ3v) is 5.54. The highest BCUT2D eigenvalue weighted by Gasteiger charge is 2.54. The summed E-state index contributed by atoms with van der Waals surface area (Å²) in [5, 5.41) is 11.8. The second kappa shape index (κ2) is 5.52. The van der Waals surface area contributed by atoms with Gasteiger partial charge in [-0.3, -0.25) is 0 Å². The van der Waals surface area contributed by atoms with Crippen LogP contribution in [0.5, 0.6) is 0 Å². The van der Waals surface area contributed by atoms with Crippen LogP contribution in [-0.2, 0) is 10.0 Å². The lowest BCUT2D eigenvalue weighted by Crippen LogP contribution is -2.54. The number of hydrogen-bond donors (Lipinski definition) is 0. The first-order valence-corrected chi connectivity index (χ1v) is 8.47. The van der Waals surface area contributed by atoms with Gasteiger partial charge in [-0.15, -0.1) is 10.2 Å². The van der Waals surface area contributed by atoms with E-state index in [1.807, 2.05) is 32.0 Å². The lowest BCUT2D eigenvalue weighted by atomic mass is 10.1. The Kier molecular flexibility index (Phi) is 3.87. The maximum atomic E-state index is 12.5. The minimum absolute atomic E-state index is 0.329. The van der Waals surface area contributed by atoms with Gasteiger partial charge in [0.2, 0.25) is 5.82 Å². The third kappa shape index (κ3) is 2.77. The van der Waals surface area contributed by atoms with Gasteiger partial charge >= 0.3 is 15.5 Å². The van der Waals surface area contributed by atoms with E-state index >= 15 is 0 Å². The summed E-state index contributed by atoms with van der Waals surface area (Å²) in [6, 6.07) is 5.06. The van der Waals surface area contributed by atoms with Crippen molar-refractivity contribution in [3.63, 3.8) is 0 Å². The molecule has 0 unspecified atom stereocenters. The fraction of sp³-hybridized carbons (Fsp3) is 0.462. The lowest BCUT2D eigenvalue weighted by molar-refractivity contribution is -0.0523. The van der Waals surface area contributed by atoms with E-state index in [9.17, 15) is 21.6 Å². The first-order chi connectivity index (χ1) is 11.1. The summed E-state index contributed by atoms with van der Waals surface area (Å²) in [6.07, 6.45) is 0. The number of tetrazole rings is 1. The van der Waals surface area contributed by atoms with Gasteiger partial charge in [0, 0.05) is 18.7 Å². The molecule has 1 saturated heterocycles. The molecule has 0 aliphatic carbocycles. The van der Waals surface area contributed by atoms with Crippen molar-refractivity contribution in [3.8, 4) is 11.4 Å². The first-order valence-electron chi connectivity index (χ1n) is 7.03. The molecule has 7 nitrogen and oxygen atoms in total. The monoisotopic (exact) mass is 361 g/mol. The molecule has 11 heteroatoms. The predicted octanol–water partition coefficient (Wildman–Crippen LogP) is 1.66. The quantitative estimate of drug-likeness (QED) is 0.831. The van der Waals surface area contributed by atoms with Crippen molar-refractivity contribution in [2.75, 3.05) is 13.1 Å². The normalized spacial score (nSPS) is 17.0. The molecule has 0 amide bonds. The fourth-order valence-corrected chi connectivity index (χ4v) is 3.31. The smallest absolute Gasteiger partial charge is 0.203 e. The maximum absolute atomic E-state index is 12.5. The number of benzene rings is 1. The topological polar surface area (TPSA) is 81.0 Å². The average Bonchev–Trinajstić information content (AvgIpc) is 2.88. The Morgan fingerprint density at radius 3 is 2.42 bits per heavy atom. The molecule has 130 valence electrons. The molecule has 0 saturated carbocycles. The summed E-state index contributed by atoms with van der Waals surface area (Å²) >= 11 is 0. The molecule has 2 aromatic rings. The molecule has 1 aromatic carbocycles. The molecule has 0 bridgehead atoms. The Bertz CT molecular complexity index is 872. The standard InChI is InChI=1S/C13H14F3N5O2S/c1-8-3-4-10(5-9(8)2)12-17-19-21(18-12)11-6-20(7-11)24(22,23)13(14,15)16/h3-5,11H,6-7H2,1-2H3. The average molecular weight is 361 g/mol. The van der Waals surface area contributed by atoms with Crippen molar-refractivity contribution in [2.24, 2.45) is 0 Å². The van der Waals surface area contributed by atoms with Gasteiger partial charge in [0.25, 0.3) is 0 Å². The van der Waals surface area contributed by atoms with Crippen LogP contribution in [0.15, 0.2) is 18.2 Å². The van der Waals surface area contributed by atoms with E-state index in [0.29, 0.717) is 10.1 Å². The van der Waals surface area contributed by atoms with Crippen LogP contribution in [0, 0.1) is 13.8 Å². The van der Waals surface area contributed by atoms with Crippen molar-refractivity contribution in [3.05, 3.63) is 29.3 Å². The zero-order valence-electron chi connectivity index (χ0n) is 12.8. The molecule has 0 spiro atoms. The van der Waals surface area contributed by atoms with Crippen molar-refractivity contribution in [2.45, 2.75) is 25.4 Å². The fourth-order valence-electron chi connectivity index (χ4n) is 2.28. The zero-order valence-corrected chi connectivity index (χ0v) is 13.6. The molecule has 0 radical (unpaired) electrons. The van der Waals surface area contributed by atoms with Crippen LogP contribution >= 0.6 is 0 Å². The number of rotatable bonds is 3. The van der Waals surface area contributed by atoms with Gasteiger partial charge in [0.05, 0.1) is 0 Å². The van der Waals surface area contributed by atoms with Gasteiger partial charge in [-0.2, -0.15) is 22.3 Å². The summed E-state index contributed by atoms with van der Waals surface area (Å²) in [5.41, 5.74) is -2.39. The van der Waals surface area contributed by atoms with E-state index in [4.69, 9.17) is 0 Å². The Labute approximate surface area is 136 Å². The number of alkyl halides is 3. The molecule has 1 fully saturated rings. The van der Waals surface area contributed by atoms with Crippen molar-refractivity contribution in [1.82, 2.24) is 24.5 Å². The van der Waals surface area contributed by atoms with Crippen molar-refractivity contribution < 1.29 is 21.6 Å². The zero-order chi connectivity index (χ0) is 17.7. The van der Waals surface area contributed by atoms with Gasteiger partial charge in [-0.1, -0.05) is 12.1 Å². The minimum Gasteiger partial charge on any atom is -0.203 e. The van der Waals surface area contributed by atoms with E-state index < -0.39 is 21.6 Å². The highest BCUT2D eigenvalue weighted by atomic mass is 32.2. The van der Waals surface area contributed by atoms with Gasteiger partial charge in [-0.25, -0.2) is 8.42 Å². The van der Waals surface area contributed by atoms with Crippen LogP contribution in [0.3, 0.4) is 0 Å². The van der Waals surface area contributed by atoms with Gasteiger partial charge in [0.1, 0.15) is 6.04 Å². The van der Waals surface area contributed by atoms with E-state index in [0.717, 1.165) is 21.5 Å².